The first kappa shape index (κ1) is 13.3. The van der Waals surface area contributed by atoms with Crippen molar-refractivity contribution in [2.75, 3.05) is 13.1 Å². The molecule has 0 aliphatic carbocycles. The molecule has 0 amide bonds. The molecular formula is C10H14F3N3O2. The summed E-state index contributed by atoms with van der Waals surface area (Å²) in [5.74, 6) is 0. The monoisotopic (exact) mass is 265 g/mol. The molecule has 1 fully saturated rings. The zero-order valence-electron chi connectivity index (χ0n) is 9.87. The minimum atomic E-state index is -4.57. The molecule has 0 bridgehead atoms. The Labute approximate surface area is 102 Å². The molecule has 0 radical (unpaired) electrons. The number of hydrogen-bond donors (Lipinski definition) is 1. The summed E-state index contributed by atoms with van der Waals surface area (Å²) in [7, 11) is 0. The van der Waals surface area contributed by atoms with Gasteiger partial charge in [0, 0.05) is 19.6 Å². The average Bonchev–Trinajstić information content (AvgIpc) is 2.66. The summed E-state index contributed by atoms with van der Waals surface area (Å²) < 4.78 is 42.3. The molecule has 8 heteroatoms. The third kappa shape index (κ3) is 2.49. The zero-order chi connectivity index (χ0) is 13.4. The number of aromatic nitrogens is 2. The predicted molar refractivity (Wildman–Crippen MR) is 54.6 cm³/mol. The second kappa shape index (κ2) is 4.51. The van der Waals surface area contributed by atoms with Gasteiger partial charge in [0.25, 0.3) is 0 Å². The van der Waals surface area contributed by atoms with Gasteiger partial charge in [0.15, 0.2) is 5.60 Å². The van der Waals surface area contributed by atoms with E-state index in [1.54, 1.807) is 11.8 Å². The van der Waals surface area contributed by atoms with E-state index in [0.29, 0.717) is 17.9 Å². The van der Waals surface area contributed by atoms with E-state index in [4.69, 9.17) is 0 Å². The van der Waals surface area contributed by atoms with Crippen LogP contribution in [0, 0.1) is 6.92 Å². The number of aliphatic hydroxyl groups is 1. The molecule has 1 N–H and O–H groups in total. The maximum Gasteiger partial charge on any atom is 0.417 e. The molecule has 0 aromatic carbocycles. The third-order valence-corrected chi connectivity index (χ3v) is 3.33. The maximum absolute atomic E-state index is 12.6. The van der Waals surface area contributed by atoms with Crippen LogP contribution in [0.5, 0.6) is 0 Å². The predicted octanol–water partition coefficient (Wildman–Crippen LogP) is 1.27. The van der Waals surface area contributed by atoms with E-state index in [9.17, 15) is 18.3 Å². The fourth-order valence-electron chi connectivity index (χ4n) is 1.97. The van der Waals surface area contributed by atoms with Crippen molar-refractivity contribution < 1.29 is 22.9 Å². The highest BCUT2D eigenvalue weighted by Gasteiger charge is 2.54. The molecular weight excluding hydrogens is 251 g/mol. The standard InChI is InChI=1S/C10H14F3N3O2/c1-7-8(15-18-14-7)6-16-4-2-9(17,3-5-16)10(11,12)13/h17H,2-6H2,1H3. The average molecular weight is 265 g/mol. The van der Waals surface area contributed by atoms with Gasteiger partial charge in [-0.1, -0.05) is 10.3 Å². The number of halogens is 3. The number of rotatable bonds is 2. The lowest BCUT2D eigenvalue weighted by Gasteiger charge is -2.38. The minimum absolute atomic E-state index is 0.169. The molecule has 2 rings (SSSR count). The Kier molecular flexibility index (Phi) is 3.33. The molecule has 0 saturated carbocycles. The molecule has 1 aliphatic rings. The molecule has 0 spiro atoms. The SMILES string of the molecule is Cc1nonc1CN1CCC(O)(C(F)(F)F)CC1. The molecule has 1 aliphatic heterocycles. The summed E-state index contributed by atoms with van der Waals surface area (Å²) in [6, 6.07) is 0. The second-order valence-electron chi connectivity index (χ2n) is 4.60. The Morgan fingerprint density at radius 3 is 2.39 bits per heavy atom. The second-order valence-corrected chi connectivity index (χ2v) is 4.60. The normalized spacial score (nSPS) is 21.2. The molecule has 0 atom stereocenters. The van der Waals surface area contributed by atoms with Gasteiger partial charge in [0.2, 0.25) is 0 Å². The number of aryl methyl sites for hydroxylation is 1. The number of piperidine rings is 1. The van der Waals surface area contributed by atoms with Gasteiger partial charge >= 0.3 is 6.18 Å². The van der Waals surface area contributed by atoms with Gasteiger partial charge in [-0.2, -0.15) is 13.2 Å². The van der Waals surface area contributed by atoms with Crippen LogP contribution in [0.3, 0.4) is 0 Å². The highest BCUT2D eigenvalue weighted by molar-refractivity contribution is 5.05. The first-order chi connectivity index (χ1) is 8.32. The lowest BCUT2D eigenvalue weighted by Crippen LogP contribution is -2.53. The van der Waals surface area contributed by atoms with Crippen molar-refractivity contribution in [2.24, 2.45) is 0 Å². The summed E-state index contributed by atoms with van der Waals surface area (Å²) >= 11 is 0. The molecule has 1 aromatic heterocycles. The van der Waals surface area contributed by atoms with Crippen molar-refractivity contribution in [2.45, 2.75) is 38.1 Å². The van der Waals surface area contributed by atoms with Crippen molar-refractivity contribution >= 4 is 0 Å². The number of likely N-dealkylation sites (tertiary alicyclic amines) is 1. The summed E-state index contributed by atoms with van der Waals surface area (Å²) in [5.41, 5.74) is -1.31. The van der Waals surface area contributed by atoms with E-state index in [-0.39, 0.29) is 25.9 Å². The van der Waals surface area contributed by atoms with Crippen LogP contribution in [0.15, 0.2) is 4.63 Å². The fraction of sp³-hybridized carbons (Fsp3) is 0.800. The number of alkyl halides is 3. The molecule has 1 saturated heterocycles. The third-order valence-electron chi connectivity index (χ3n) is 3.33. The number of hydrogen-bond acceptors (Lipinski definition) is 5. The van der Waals surface area contributed by atoms with Crippen molar-refractivity contribution in [3.05, 3.63) is 11.4 Å². The van der Waals surface area contributed by atoms with E-state index in [0.717, 1.165) is 0 Å². The van der Waals surface area contributed by atoms with Crippen LogP contribution in [0.1, 0.15) is 24.2 Å². The van der Waals surface area contributed by atoms with Gasteiger partial charge in [-0.15, -0.1) is 0 Å². The van der Waals surface area contributed by atoms with E-state index in [1.165, 1.54) is 0 Å². The Balaban J connectivity index is 1.93. The number of nitrogens with zero attached hydrogens (tertiary/aromatic N) is 3. The Hall–Kier alpha value is -1.15. The lowest BCUT2D eigenvalue weighted by atomic mass is 9.91. The topological polar surface area (TPSA) is 62.4 Å². The van der Waals surface area contributed by atoms with Crippen LogP contribution in [0.4, 0.5) is 13.2 Å². The van der Waals surface area contributed by atoms with Crippen LogP contribution < -0.4 is 0 Å². The molecule has 2 heterocycles. The van der Waals surface area contributed by atoms with E-state index < -0.39 is 11.8 Å². The van der Waals surface area contributed by atoms with Crippen LogP contribution in [0.2, 0.25) is 0 Å². The highest BCUT2D eigenvalue weighted by atomic mass is 19.4. The highest BCUT2D eigenvalue weighted by Crippen LogP contribution is 2.38. The largest absolute Gasteiger partial charge is 0.417 e. The Morgan fingerprint density at radius 2 is 1.94 bits per heavy atom. The smallest absolute Gasteiger partial charge is 0.380 e. The Bertz CT molecular complexity index is 411. The van der Waals surface area contributed by atoms with Crippen LogP contribution >= 0.6 is 0 Å². The molecule has 18 heavy (non-hydrogen) atoms. The summed E-state index contributed by atoms with van der Waals surface area (Å²) in [6.07, 6.45) is -5.20. The first-order valence-corrected chi connectivity index (χ1v) is 5.61. The van der Waals surface area contributed by atoms with Crippen molar-refractivity contribution in [1.29, 1.82) is 0 Å². The molecule has 0 unspecified atom stereocenters. The van der Waals surface area contributed by atoms with Crippen LogP contribution in [0.25, 0.3) is 0 Å². The Morgan fingerprint density at radius 1 is 1.33 bits per heavy atom. The van der Waals surface area contributed by atoms with E-state index >= 15 is 0 Å². The summed E-state index contributed by atoms with van der Waals surface area (Å²) in [4.78, 5) is 1.80. The zero-order valence-corrected chi connectivity index (χ0v) is 9.87. The van der Waals surface area contributed by atoms with Crippen molar-refractivity contribution in [3.63, 3.8) is 0 Å². The minimum Gasteiger partial charge on any atom is -0.380 e. The van der Waals surface area contributed by atoms with Gasteiger partial charge < -0.3 is 5.11 Å². The van der Waals surface area contributed by atoms with Gasteiger partial charge in [-0.25, -0.2) is 4.63 Å². The van der Waals surface area contributed by atoms with Gasteiger partial charge in [-0.3, -0.25) is 4.90 Å². The van der Waals surface area contributed by atoms with Crippen molar-refractivity contribution in [3.8, 4) is 0 Å². The van der Waals surface area contributed by atoms with Gasteiger partial charge in [0.05, 0.1) is 0 Å². The fourth-order valence-corrected chi connectivity index (χ4v) is 1.97. The quantitative estimate of drug-likeness (QED) is 0.872. The van der Waals surface area contributed by atoms with Crippen LogP contribution in [-0.4, -0.2) is 45.2 Å². The summed E-state index contributed by atoms with van der Waals surface area (Å²) in [5, 5.41) is 16.8. The maximum atomic E-state index is 12.6. The lowest BCUT2D eigenvalue weighted by molar-refractivity contribution is -0.272. The summed E-state index contributed by atoms with van der Waals surface area (Å²) in [6.45, 7) is 2.45. The van der Waals surface area contributed by atoms with Gasteiger partial charge in [0.1, 0.15) is 11.4 Å². The first-order valence-electron chi connectivity index (χ1n) is 5.61. The van der Waals surface area contributed by atoms with Crippen molar-refractivity contribution in [1.82, 2.24) is 15.2 Å². The molecule has 102 valence electrons. The van der Waals surface area contributed by atoms with Gasteiger partial charge in [-0.05, 0) is 19.8 Å². The molecule has 5 nitrogen and oxygen atoms in total. The van der Waals surface area contributed by atoms with E-state index in [1.807, 2.05) is 0 Å². The molecule has 1 aromatic rings. The van der Waals surface area contributed by atoms with E-state index in [2.05, 4.69) is 14.9 Å². The van der Waals surface area contributed by atoms with Crippen LogP contribution in [-0.2, 0) is 6.54 Å².